The predicted molar refractivity (Wildman–Crippen MR) is 117 cm³/mol. The largest absolute Gasteiger partial charge is 0.338 e. The van der Waals surface area contributed by atoms with Crippen molar-refractivity contribution in [2.24, 2.45) is 0 Å². The lowest BCUT2D eigenvalue weighted by molar-refractivity contribution is -0.115. The Morgan fingerprint density at radius 3 is 2.62 bits per heavy atom. The van der Waals surface area contributed by atoms with E-state index in [0.29, 0.717) is 10.8 Å². The van der Waals surface area contributed by atoms with Gasteiger partial charge in [-0.2, -0.15) is 0 Å². The van der Waals surface area contributed by atoms with Crippen LogP contribution in [0.5, 0.6) is 0 Å². The SMILES string of the molecule is C[C@@H](Sc1nnc2c(n1)[nH]c1ccccc12)C(=O)Nc1cccc2ccccc12. The van der Waals surface area contributed by atoms with Crippen LogP contribution in [0.3, 0.4) is 0 Å². The van der Waals surface area contributed by atoms with Crippen LogP contribution in [-0.4, -0.2) is 31.3 Å². The summed E-state index contributed by atoms with van der Waals surface area (Å²) in [6.07, 6.45) is 0. The van der Waals surface area contributed by atoms with E-state index in [1.807, 2.05) is 73.7 Å². The molecule has 6 nitrogen and oxygen atoms in total. The highest BCUT2D eigenvalue weighted by atomic mass is 32.2. The molecule has 2 heterocycles. The topological polar surface area (TPSA) is 83.6 Å². The van der Waals surface area contributed by atoms with Crippen LogP contribution in [0.1, 0.15) is 6.92 Å². The third kappa shape index (κ3) is 3.30. The zero-order chi connectivity index (χ0) is 19.8. The van der Waals surface area contributed by atoms with Crippen LogP contribution < -0.4 is 5.32 Å². The minimum Gasteiger partial charge on any atom is -0.338 e. The number of para-hydroxylation sites is 1. The van der Waals surface area contributed by atoms with E-state index in [1.165, 1.54) is 11.8 Å². The van der Waals surface area contributed by atoms with Gasteiger partial charge in [-0.05, 0) is 24.4 Å². The lowest BCUT2D eigenvalue weighted by Gasteiger charge is -2.12. The number of benzene rings is 3. The van der Waals surface area contributed by atoms with Crippen LogP contribution in [0.4, 0.5) is 5.69 Å². The number of aromatic amines is 1. The molecule has 142 valence electrons. The molecular weight excluding hydrogens is 382 g/mol. The van der Waals surface area contributed by atoms with Gasteiger partial charge in [-0.3, -0.25) is 4.79 Å². The quantitative estimate of drug-likeness (QED) is 0.425. The van der Waals surface area contributed by atoms with Gasteiger partial charge in [-0.1, -0.05) is 66.4 Å². The Balaban J connectivity index is 1.37. The summed E-state index contributed by atoms with van der Waals surface area (Å²) in [6, 6.07) is 21.7. The number of H-pyrrole nitrogens is 1. The van der Waals surface area contributed by atoms with E-state index >= 15 is 0 Å². The third-order valence-corrected chi connectivity index (χ3v) is 5.75. The number of carbonyl (C=O) groups is 1. The van der Waals surface area contributed by atoms with Crippen molar-refractivity contribution < 1.29 is 4.79 Å². The van der Waals surface area contributed by atoms with Gasteiger partial charge in [0.25, 0.3) is 0 Å². The zero-order valence-electron chi connectivity index (χ0n) is 15.6. The second-order valence-electron chi connectivity index (χ2n) is 6.74. The normalized spacial score (nSPS) is 12.4. The van der Waals surface area contributed by atoms with E-state index in [2.05, 4.69) is 25.5 Å². The molecule has 3 aromatic carbocycles. The maximum atomic E-state index is 12.7. The Hall–Kier alpha value is -3.45. The van der Waals surface area contributed by atoms with Gasteiger partial charge in [0.2, 0.25) is 11.1 Å². The van der Waals surface area contributed by atoms with Crippen molar-refractivity contribution in [1.82, 2.24) is 20.2 Å². The molecular formula is C22H17N5OS. The van der Waals surface area contributed by atoms with E-state index in [1.54, 1.807) is 0 Å². The van der Waals surface area contributed by atoms with Gasteiger partial charge < -0.3 is 10.3 Å². The molecule has 2 aromatic heterocycles. The minimum atomic E-state index is -0.377. The molecule has 5 aromatic rings. The van der Waals surface area contributed by atoms with Gasteiger partial charge in [-0.25, -0.2) is 4.98 Å². The number of fused-ring (bicyclic) bond motifs is 4. The molecule has 0 bridgehead atoms. The van der Waals surface area contributed by atoms with Crippen molar-refractivity contribution in [3.05, 3.63) is 66.7 Å². The number of hydrogen-bond donors (Lipinski definition) is 2. The van der Waals surface area contributed by atoms with Gasteiger partial charge in [0.15, 0.2) is 5.65 Å². The number of anilines is 1. The smallest absolute Gasteiger partial charge is 0.237 e. The second-order valence-corrected chi connectivity index (χ2v) is 8.05. The van der Waals surface area contributed by atoms with E-state index in [0.717, 1.165) is 32.9 Å². The van der Waals surface area contributed by atoms with Crippen molar-refractivity contribution >= 4 is 56.2 Å². The Kier molecular flexibility index (Phi) is 4.37. The van der Waals surface area contributed by atoms with E-state index < -0.39 is 0 Å². The van der Waals surface area contributed by atoms with E-state index in [9.17, 15) is 4.79 Å². The summed E-state index contributed by atoms with van der Waals surface area (Å²) in [6.45, 7) is 1.84. The molecule has 0 saturated carbocycles. The summed E-state index contributed by atoms with van der Waals surface area (Å²) >= 11 is 1.28. The van der Waals surface area contributed by atoms with E-state index in [-0.39, 0.29) is 11.2 Å². The lowest BCUT2D eigenvalue weighted by Crippen LogP contribution is -2.22. The Bertz CT molecular complexity index is 1360. The van der Waals surface area contributed by atoms with Gasteiger partial charge >= 0.3 is 0 Å². The molecule has 0 unspecified atom stereocenters. The number of nitrogens with one attached hydrogen (secondary N) is 2. The summed E-state index contributed by atoms with van der Waals surface area (Å²) in [4.78, 5) is 20.5. The first-order chi connectivity index (χ1) is 14.2. The second kappa shape index (κ2) is 7.18. The fourth-order valence-corrected chi connectivity index (χ4v) is 4.05. The molecule has 0 radical (unpaired) electrons. The highest BCUT2D eigenvalue weighted by Gasteiger charge is 2.18. The summed E-state index contributed by atoms with van der Waals surface area (Å²) < 4.78 is 0. The Morgan fingerprint density at radius 2 is 1.72 bits per heavy atom. The van der Waals surface area contributed by atoms with Crippen LogP contribution in [0.15, 0.2) is 71.9 Å². The Labute approximate surface area is 170 Å². The molecule has 0 aliphatic rings. The first kappa shape index (κ1) is 17.6. The van der Waals surface area contributed by atoms with Crippen molar-refractivity contribution in [2.75, 3.05) is 5.32 Å². The van der Waals surface area contributed by atoms with Crippen molar-refractivity contribution in [2.45, 2.75) is 17.3 Å². The lowest BCUT2D eigenvalue weighted by atomic mass is 10.1. The van der Waals surface area contributed by atoms with Crippen LogP contribution in [0.25, 0.3) is 32.8 Å². The Morgan fingerprint density at radius 1 is 0.966 bits per heavy atom. The highest BCUT2D eigenvalue weighted by molar-refractivity contribution is 8.00. The number of nitrogens with zero attached hydrogens (tertiary/aromatic N) is 3. The fraction of sp³-hybridized carbons (Fsp3) is 0.0909. The molecule has 2 N–H and O–H groups in total. The molecule has 0 aliphatic heterocycles. The molecule has 0 saturated heterocycles. The first-order valence-electron chi connectivity index (χ1n) is 9.25. The van der Waals surface area contributed by atoms with E-state index in [4.69, 9.17) is 0 Å². The number of carbonyl (C=O) groups excluding carboxylic acids is 1. The molecule has 29 heavy (non-hydrogen) atoms. The molecule has 5 rings (SSSR count). The van der Waals surface area contributed by atoms with Crippen molar-refractivity contribution in [3.63, 3.8) is 0 Å². The van der Waals surface area contributed by atoms with Gasteiger partial charge in [0.05, 0.1) is 5.25 Å². The molecule has 1 atom stereocenters. The standard InChI is InChI=1S/C22H17N5OS/c1-13(21(28)24-17-12-6-8-14-7-2-3-9-15(14)17)29-22-25-20-19(26-27-22)16-10-4-5-11-18(16)23-20/h2-13H,1H3,(H,24,28)(H,23,25,27)/t13-/m1/s1. The molecule has 0 aliphatic carbocycles. The van der Waals surface area contributed by atoms with Crippen LogP contribution in [-0.2, 0) is 4.79 Å². The predicted octanol–water partition coefficient (Wildman–Crippen LogP) is 4.78. The highest BCUT2D eigenvalue weighted by Crippen LogP contribution is 2.27. The van der Waals surface area contributed by atoms with Gasteiger partial charge in [0.1, 0.15) is 5.52 Å². The maximum absolute atomic E-state index is 12.7. The average Bonchev–Trinajstić information content (AvgIpc) is 3.11. The zero-order valence-corrected chi connectivity index (χ0v) is 16.4. The average molecular weight is 399 g/mol. The monoisotopic (exact) mass is 399 g/mol. The summed E-state index contributed by atoms with van der Waals surface area (Å²) in [5.74, 6) is -0.105. The van der Waals surface area contributed by atoms with Crippen LogP contribution in [0.2, 0.25) is 0 Å². The number of hydrogen-bond acceptors (Lipinski definition) is 5. The molecule has 0 fully saturated rings. The van der Waals surface area contributed by atoms with Crippen molar-refractivity contribution in [1.29, 1.82) is 0 Å². The summed E-state index contributed by atoms with van der Waals surface area (Å²) in [5, 5.41) is 14.7. The van der Waals surface area contributed by atoms with Crippen LogP contribution in [0, 0.1) is 0 Å². The number of amides is 1. The summed E-state index contributed by atoms with van der Waals surface area (Å²) in [7, 11) is 0. The fourth-order valence-electron chi connectivity index (χ4n) is 3.34. The number of aromatic nitrogens is 4. The maximum Gasteiger partial charge on any atom is 0.237 e. The molecule has 0 spiro atoms. The minimum absolute atomic E-state index is 0.105. The third-order valence-electron chi connectivity index (χ3n) is 4.80. The molecule has 7 heteroatoms. The van der Waals surface area contributed by atoms with Crippen LogP contribution >= 0.6 is 11.8 Å². The first-order valence-corrected chi connectivity index (χ1v) is 10.1. The van der Waals surface area contributed by atoms with Gasteiger partial charge in [0, 0.05) is 22.0 Å². The number of rotatable bonds is 4. The number of thioether (sulfide) groups is 1. The molecule has 1 amide bonds. The van der Waals surface area contributed by atoms with Crippen molar-refractivity contribution in [3.8, 4) is 0 Å². The van der Waals surface area contributed by atoms with Gasteiger partial charge in [-0.15, -0.1) is 10.2 Å². The summed E-state index contributed by atoms with van der Waals surface area (Å²) in [5.41, 5.74) is 3.17.